The lowest BCUT2D eigenvalue weighted by molar-refractivity contribution is -0.166. The van der Waals surface area contributed by atoms with Crippen LogP contribution in [0.1, 0.15) is 123 Å². The average molecular weight is 457 g/mol. The molecule has 0 unspecified atom stereocenters. The van der Waals surface area contributed by atoms with Crippen molar-refractivity contribution in [2.45, 2.75) is 135 Å². The highest BCUT2D eigenvalue weighted by Gasteiger charge is 2.54. The van der Waals surface area contributed by atoms with E-state index in [1.807, 2.05) is 0 Å². The first kappa shape index (κ1) is 28.8. The van der Waals surface area contributed by atoms with E-state index in [4.69, 9.17) is 9.47 Å². The summed E-state index contributed by atoms with van der Waals surface area (Å²) in [6.45, 7) is 4.19. The number of hydrogen-bond donors (Lipinski definition) is 3. The summed E-state index contributed by atoms with van der Waals surface area (Å²) < 4.78 is 11.2. The number of hydrogen-bond acceptors (Lipinski definition) is 6. The van der Waals surface area contributed by atoms with E-state index in [-0.39, 0.29) is 5.76 Å². The van der Waals surface area contributed by atoms with Gasteiger partial charge in [-0.2, -0.15) is 0 Å². The van der Waals surface area contributed by atoms with Crippen molar-refractivity contribution in [1.82, 2.24) is 0 Å². The van der Waals surface area contributed by atoms with Gasteiger partial charge < -0.3 is 24.8 Å². The Labute approximate surface area is 195 Å². The minimum Gasteiger partial charge on any atom is -0.499 e. The Morgan fingerprint density at radius 3 is 1.78 bits per heavy atom. The molecule has 188 valence electrons. The number of rotatable bonds is 21. The monoisotopic (exact) mass is 456 g/mol. The molecule has 0 saturated heterocycles. The van der Waals surface area contributed by atoms with Gasteiger partial charge >= 0.3 is 5.97 Å². The first-order valence-corrected chi connectivity index (χ1v) is 13.1. The second-order valence-electron chi connectivity index (χ2n) is 9.20. The largest absolute Gasteiger partial charge is 0.499 e. The fourth-order valence-electron chi connectivity index (χ4n) is 4.37. The van der Waals surface area contributed by atoms with Gasteiger partial charge in [0.15, 0.2) is 5.76 Å². The SMILES string of the molecule is CCCCCCCCCCOC1=C(O)C(=O)O[C@]1(CCCCCCCCCC)[C@@H](O)CO. The predicted octanol–water partition coefficient (Wildman–Crippen LogP) is 6.09. The topological polar surface area (TPSA) is 96.2 Å². The maximum atomic E-state index is 12.1. The lowest BCUT2D eigenvalue weighted by Gasteiger charge is -2.33. The van der Waals surface area contributed by atoms with Crippen LogP contribution in [-0.4, -0.2) is 46.2 Å². The van der Waals surface area contributed by atoms with Gasteiger partial charge in [-0.3, -0.25) is 0 Å². The fourth-order valence-corrected chi connectivity index (χ4v) is 4.37. The zero-order chi connectivity index (χ0) is 23.7. The van der Waals surface area contributed by atoms with Gasteiger partial charge in [0.05, 0.1) is 13.2 Å². The van der Waals surface area contributed by atoms with Crippen LogP contribution in [0.25, 0.3) is 0 Å². The number of ether oxygens (including phenoxy) is 2. The van der Waals surface area contributed by atoms with E-state index in [0.717, 1.165) is 44.9 Å². The van der Waals surface area contributed by atoms with Gasteiger partial charge in [-0.1, -0.05) is 104 Å². The van der Waals surface area contributed by atoms with Crippen LogP contribution in [0.3, 0.4) is 0 Å². The molecule has 0 radical (unpaired) electrons. The van der Waals surface area contributed by atoms with Gasteiger partial charge in [-0.15, -0.1) is 0 Å². The molecule has 0 amide bonds. The molecule has 1 aliphatic rings. The quantitative estimate of drug-likeness (QED) is 0.143. The Bertz CT molecular complexity index is 532. The molecule has 1 rings (SSSR count). The summed E-state index contributed by atoms with van der Waals surface area (Å²) in [6.07, 6.45) is 17.1. The third-order valence-corrected chi connectivity index (χ3v) is 6.42. The van der Waals surface area contributed by atoms with Crippen LogP contribution in [0.4, 0.5) is 0 Å². The molecule has 6 heteroatoms. The van der Waals surface area contributed by atoms with Crippen LogP contribution in [0.5, 0.6) is 0 Å². The van der Waals surface area contributed by atoms with Gasteiger partial charge in [0.2, 0.25) is 11.4 Å². The first-order valence-electron chi connectivity index (χ1n) is 13.1. The summed E-state index contributed by atoms with van der Waals surface area (Å²) in [4.78, 5) is 12.1. The Morgan fingerprint density at radius 1 is 0.812 bits per heavy atom. The fraction of sp³-hybridized carbons (Fsp3) is 0.885. The van der Waals surface area contributed by atoms with Gasteiger partial charge in [0.25, 0.3) is 0 Å². The predicted molar refractivity (Wildman–Crippen MR) is 127 cm³/mol. The molecule has 0 aromatic rings. The molecule has 0 aromatic heterocycles. The van der Waals surface area contributed by atoms with Crippen molar-refractivity contribution < 1.29 is 29.6 Å². The van der Waals surface area contributed by atoms with Crippen molar-refractivity contribution in [3.8, 4) is 0 Å². The van der Waals surface area contributed by atoms with Gasteiger partial charge in [-0.25, -0.2) is 4.79 Å². The van der Waals surface area contributed by atoms with Crippen LogP contribution in [0, 0.1) is 0 Å². The number of carbonyl (C=O) groups excluding carboxylic acids is 1. The zero-order valence-corrected chi connectivity index (χ0v) is 20.6. The first-order chi connectivity index (χ1) is 15.5. The molecular formula is C26H48O6. The molecule has 2 atom stereocenters. The highest BCUT2D eigenvalue weighted by Crippen LogP contribution is 2.40. The summed E-state index contributed by atoms with van der Waals surface area (Å²) in [5.41, 5.74) is -1.49. The number of cyclic esters (lactones) is 1. The summed E-state index contributed by atoms with van der Waals surface area (Å²) in [7, 11) is 0. The maximum absolute atomic E-state index is 12.1. The van der Waals surface area contributed by atoms with E-state index in [0.29, 0.717) is 13.0 Å². The second kappa shape index (κ2) is 17.2. The Kier molecular flexibility index (Phi) is 15.5. The third-order valence-electron chi connectivity index (χ3n) is 6.42. The Morgan fingerprint density at radius 2 is 1.28 bits per heavy atom. The summed E-state index contributed by atoms with van der Waals surface area (Å²) in [5.74, 6) is -1.46. The van der Waals surface area contributed by atoms with E-state index >= 15 is 0 Å². The minimum absolute atomic E-state index is 0.00468. The molecule has 0 aliphatic carbocycles. The molecule has 0 bridgehead atoms. The van der Waals surface area contributed by atoms with Crippen molar-refractivity contribution in [2.24, 2.45) is 0 Å². The highest BCUT2D eigenvalue weighted by molar-refractivity contribution is 5.90. The molecule has 32 heavy (non-hydrogen) atoms. The van der Waals surface area contributed by atoms with Gasteiger partial charge in [-0.05, 0) is 19.3 Å². The number of aliphatic hydroxyl groups is 3. The molecule has 1 heterocycles. The van der Waals surface area contributed by atoms with Crippen molar-refractivity contribution in [3.63, 3.8) is 0 Å². The van der Waals surface area contributed by atoms with E-state index in [9.17, 15) is 20.1 Å². The zero-order valence-electron chi connectivity index (χ0n) is 20.6. The van der Waals surface area contributed by atoms with E-state index in [2.05, 4.69) is 13.8 Å². The number of aliphatic hydroxyl groups excluding tert-OH is 3. The molecule has 0 aromatic carbocycles. The van der Waals surface area contributed by atoms with Gasteiger partial charge in [0, 0.05) is 0 Å². The number of carbonyl (C=O) groups is 1. The molecular weight excluding hydrogens is 408 g/mol. The highest BCUT2D eigenvalue weighted by atomic mass is 16.6. The van der Waals surface area contributed by atoms with Crippen molar-refractivity contribution in [1.29, 1.82) is 0 Å². The standard InChI is InChI=1S/C26H48O6/c1-3-5-7-9-11-13-15-17-19-26(22(28)21-27)24(23(29)25(30)32-26)31-20-18-16-14-12-10-8-6-4-2/h22,27-29H,3-21H2,1-2H3/t22-,26+/m0/s1. The smallest absolute Gasteiger partial charge is 0.378 e. The number of unbranched alkanes of at least 4 members (excludes halogenated alkanes) is 14. The van der Waals surface area contributed by atoms with Crippen LogP contribution in [0.15, 0.2) is 11.5 Å². The summed E-state index contributed by atoms with van der Waals surface area (Å²) in [5, 5.41) is 30.4. The van der Waals surface area contributed by atoms with Gasteiger partial charge in [0.1, 0.15) is 6.10 Å². The molecule has 3 N–H and O–H groups in total. The van der Waals surface area contributed by atoms with Crippen LogP contribution in [-0.2, 0) is 14.3 Å². The summed E-state index contributed by atoms with van der Waals surface area (Å²) >= 11 is 0. The van der Waals surface area contributed by atoms with Crippen molar-refractivity contribution in [2.75, 3.05) is 13.2 Å². The lowest BCUT2D eigenvalue weighted by atomic mass is 9.88. The number of esters is 1. The molecule has 6 nitrogen and oxygen atoms in total. The van der Waals surface area contributed by atoms with E-state index < -0.39 is 30.0 Å². The lowest BCUT2D eigenvalue weighted by Crippen LogP contribution is -2.47. The average Bonchev–Trinajstić information content (AvgIpc) is 3.04. The Balaban J connectivity index is 2.50. The van der Waals surface area contributed by atoms with Crippen LogP contribution in [0.2, 0.25) is 0 Å². The maximum Gasteiger partial charge on any atom is 0.378 e. The van der Waals surface area contributed by atoms with Crippen molar-refractivity contribution in [3.05, 3.63) is 11.5 Å². The second-order valence-corrected chi connectivity index (χ2v) is 9.20. The minimum atomic E-state index is -1.49. The molecule has 1 aliphatic heterocycles. The van der Waals surface area contributed by atoms with Crippen molar-refractivity contribution >= 4 is 5.97 Å². The molecule has 0 spiro atoms. The normalized spacial score (nSPS) is 19.4. The van der Waals surface area contributed by atoms with E-state index in [1.54, 1.807) is 0 Å². The molecule has 0 saturated carbocycles. The molecule has 0 fully saturated rings. The Hall–Kier alpha value is -1.27. The van der Waals surface area contributed by atoms with Crippen LogP contribution < -0.4 is 0 Å². The third kappa shape index (κ3) is 9.70. The van der Waals surface area contributed by atoms with E-state index in [1.165, 1.54) is 57.8 Å². The van der Waals surface area contributed by atoms with Crippen LogP contribution >= 0.6 is 0 Å². The summed E-state index contributed by atoms with van der Waals surface area (Å²) in [6, 6.07) is 0.